The summed E-state index contributed by atoms with van der Waals surface area (Å²) in [6.07, 6.45) is 0.912. The van der Waals surface area contributed by atoms with Gasteiger partial charge in [0.1, 0.15) is 5.75 Å². The zero-order valence-electron chi connectivity index (χ0n) is 9.35. The number of nitrogens with zero attached hydrogens (tertiary/aromatic N) is 1. The molecule has 0 bridgehead atoms. The van der Waals surface area contributed by atoms with Gasteiger partial charge in [-0.15, -0.1) is 0 Å². The topological polar surface area (TPSA) is 73.6 Å². The Morgan fingerprint density at radius 2 is 2.31 bits per heavy atom. The molecule has 0 radical (unpaired) electrons. The van der Waals surface area contributed by atoms with Gasteiger partial charge in [0.2, 0.25) is 0 Å². The molecular formula is C11H17N3OS. The minimum absolute atomic E-state index is 0.413. The first kappa shape index (κ1) is 12.7. The van der Waals surface area contributed by atoms with Crippen molar-refractivity contribution < 1.29 is 4.74 Å². The van der Waals surface area contributed by atoms with Crippen molar-refractivity contribution in [1.82, 2.24) is 0 Å². The van der Waals surface area contributed by atoms with Crippen molar-refractivity contribution in [3.63, 3.8) is 0 Å². The molecule has 1 aromatic carbocycles. The maximum atomic E-state index is 5.58. The predicted molar refractivity (Wildman–Crippen MR) is 69.6 cm³/mol. The fourth-order valence-corrected chi connectivity index (χ4v) is 1.71. The van der Waals surface area contributed by atoms with E-state index >= 15 is 0 Å². The van der Waals surface area contributed by atoms with Crippen LogP contribution in [0.2, 0.25) is 0 Å². The summed E-state index contributed by atoms with van der Waals surface area (Å²) in [4.78, 5) is 0. The number of hydrogen-bond acceptors (Lipinski definition) is 4. The van der Waals surface area contributed by atoms with E-state index in [0.29, 0.717) is 11.8 Å². The number of benzene rings is 1. The lowest BCUT2D eigenvalue weighted by Gasteiger charge is -2.06. The molecule has 0 aliphatic carbocycles. The van der Waals surface area contributed by atoms with Gasteiger partial charge in [0.05, 0.1) is 6.61 Å². The van der Waals surface area contributed by atoms with Crippen molar-refractivity contribution in [3.8, 4) is 5.75 Å². The second kappa shape index (κ2) is 7.00. The molecule has 0 aliphatic heterocycles. The first-order valence-corrected chi connectivity index (χ1v) is 6.06. The van der Waals surface area contributed by atoms with E-state index in [1.165, 1.54) is 17.3 Å². The first-order valence-electron chi connectivity index (χ1n) is 5.08. The summed E-state index contributed by atoms with van der Waals surface area (Å²) in [6, 6.07) is 8.00. The quantitative estimate of drug-likeness (QED) is 0.269. The molecule has 1 rings (SSSR count). The molecule has 0 amide bonds. The molecular weight excluding hydrogens is 222 g/mol. The van der Waals surface area contributed by atoms with Gasteiger partial charge in [-0.05, 0) is 31.0 Å². The second-order valence-corrected chi connectivity index (χ2v) is 4.45. The molecule has 1 aromatic rings. The van der Waals surface area contributed by atoms with Crippen LogP contribution in [0.1, 0.15) is 12.0 Å². The van der Waals surface area contributed by atoms with Crippen LogP contribution in [0.15, 0.2) is 29.4 Å². The summed E-state index contributed by atoms with van der Waals surface area (Å²) in [7, 11) is 0. The van der Waals surface area contributed by atoms with Gasteiger partial charge >= 0.3 is 0 Å². The largest absolute Gasteiger partial charge is 0.494 e. The third kappa shape index (κ3) is 4.93. The fourth-order valence-electron chi connectivity index (χ4n) is 1.17. The standard InChI is InChI=1S/C11H17N3OS/c1-9-4-2-5-10(8-9)15-6-3-7-16-11(12)14-13/h2,4-5,8H,3,6-7,13H2,1H3,(H2,12,14). The summed E-state index contributed by atoms with van der Waals surface area (Å²) in [5.41, 5.74) is 6.63. The van der Waals surface area contributed by atoms with E-state index in [1.807, 2.05) is 31.2 Å². The third-order valence-electron chi connectivity index (χ3n) is 1.92. The number of rotatable bonds is 5. The van der Waals surface area contributed by atoms with Crippen LogP contribution < -0.4 is 16.3 Å². The van der Waals surface area contributed by atoms with Crippen LogP contribution >= 0.6 is 11.8 Å². The minimum atomic E-state index is 0.413. The number of amidine groups is 1. The van der Waals surface area contributed by atoms with Crippen LogP contribution in [-0.2, 0) is 0 Å². The van der Waals surface area contributed by atoms with Gasteiger partial charge in [-0.2, -0.15) is 5.10 Å². The number of hydrogen-bond donors (Lipinski definition) is 2. The summed E-state index contributed by atoms with van der Waals surface area (Å²) >= 11 is 1.44. The maximum absolute atomic E-state index is 5.58. The van der Waals surface area contributed by atoms with Crippen molar-refractivity contribution in [2.45, 2.75) is 13.3 Å². The van der Waals surface area contributed by atoms with Gasteiger partial charge in [-0.25, -0.2) is 0 Å². The van der Waals surface area contributed by atoms with Crippen molar-refractivity contribution in [2.24, 2.45) is 16.7 Å². The number of nitrogens with two attached hydrogens (primary N) is 2. The van der Waals surface area contributed by atoms with Gasteiger partial charge in [-0.1, -0.05) is 23.9 Å². The van der Waals surface area contributed by atoms with Crippen LogP contribution in [0.3, 0.4) is 0 Å². The Labute approximate surface area is 100 Å². The number of aryl methyl sites for hydroxylation is 1. The van der Waals surface area contributed by atoms with Crippen LogP contribution in [0.4, 0.5) is 0 Å². The molecule has 0 fully saturated rings. The van der Waals surface area contributed by atoms with E-state index in [0.717, 1.165) is 17.9 Å². The molecule has 0 atom stereocenters. The smallest absolute Gasteiger partial charge is 0.177 e. The van der Waals surface area contributed by atoms with Crippen LogP contribution in [0.25, 0.3) is 0 Å². The Morgan fingerprint density at radius 1 is 1.50 bits per heavy atom. The molecule has 0 heterocycles. The monoisotopic (exact) mass is 239 g/mol. The molecule has 88 valence electrons. The Hall–Kier alpha value is -1.36. The first-order chi connectivity index (χ1) is 7.72. The van der Waals surface area contributed by atoms with E-state index in [-0.39, 0.29) is 0 Å². The summed E-state index contributed by atoms with van der Waals surface area (Å²) < 4.78 is 5.58. The maximum Gasteiger partial charge on any atom is 0.177 e. The highest BCUT2D eigenvalue weighted by atomic mass is 32.2. The highest BCUT2D eigenvalue weighted by molar-refractivity contribution is 8.13. The van der Waals surface area contributed by atoms with Crippen molar-refractivity contribution in [3.05, 3.63) is 29.8 Å². The minimum Gasteiger partial charge on any atom is -0.494 e. The Bertz CT molecular complexity index is 355. The lowest BCUT2D eigenvalue weighted by molar-refractivity contribution is 0.318. The number of ether oxygens (including phenoxy) is 1. The molecule has 5 heteroatoms. The molecule has 0 aromatic heterocycles. The predicted octanol–water partition coefficient (Wildman–Crippen LogP) is 1.69. The van der Waals surface area contributed by atoms with E-state index in [4.69, 9.17) is 16.3 Å². The van der Waals surface area contributed by atoms with Gasteiger partial charge < -0.3 is 16.3 Å². The van der Waals surface area contributed by atoms with Gasteiger partial charge in [-0.3, -0.25) is 0 Å². The SMILES string of the molecule is Cc1cccc(OCCCSC(N)=NN)c1. The zero-order chi connectivity index (χ0) is 11.8. The molecule has 4 nitrogen and oxygen atoms in total. The molecule has 16 heavy (non-hydrogen) atoms. The molecule has 0 aliphatic rings. The van der Waals surface area contributed by atoms with E-state index in [2.05, 4.69) is 5.10 Å². The normalized spacial score (nSPS) is 11.4. The number of hydrazone groups is 1. The summed E-state index contributed by atoms with van der Waals surface area (Å²) in [5.74, 6) is 6.77. The third-order valence-corrected chi connectivity index (χ3v) is 2.82. The fraction of sp³-hybridized carbons (Fsp3) is 0.364. The Balaban J connectivity index is 2.16. The highest BCUT2D eigenvalue weighted by Gasteiger charge is 1.96. The van der Waals surface area contributed by atoms with Crippen molar-refractivity contribution in [2.75, 3.05) is 12.4 Å². The molecule has 0 saturated heterocycles. The van der Waals surface area contributed by atoms with Gasteiger partial charge in [0.15, 0.2) is 5.17 Å². The van der Waals surface area contributed by atoms with Crippen LogP contribution in [-0.4, -0.2) is 17.5 Å². The van der Waals surface area contributed by atoms with Crippen LogP contribution in [0.5, 0.6) is 5.75 Å². The second-order valence-electron chi connectivity index (χ2n) is 3.33. The molecule has 0 unspecified atom stereocenters. The van der Waals surface area contributed by atoms with Crippen LogP contribution in [0, 0.1) is 6.92 Å². The lowest BCUT2D eigenvalue weighted by atomic mass is 10.2. The number of thioether (sulfide) groups is 1. The highest BCUT2D eigenvalue weighted by Crippen LogP contribution is 2.12. The summed E-state index contributed by atoms with van der Waals surface area (Å²) in [6.45, 7) is 2.72. The zero-order valence-corrected chi connectivity index (χ0v) is 10.2. The lowest BCUT2D eigenvalue weighted by Crippen LogP contribution is -2.10. The van der Waals surface area contributed by atoms with E-state index in [9.17, 15) is 0 Å². The average Bonchev–Trinajstić information content (AvgIpc) is 2.28. The molecule has 0 saturated carbocycles. The van der Waals surface area contributed by atoms with E-state index in [1.54, 1.807) is 0 Å². The summed E-state index contributed by atoms with van der Waals surface area (Å²) in [5, 5.41) is 3.79. The van der Waals surface area contributed by atoms with Crippen molar-refractivity contribution in [1.29, 1.82) is 0 Å². The average molecular weight is 239 g/mol. The molecule has 4 N–H and O–H groups in total. The van der Waals surface area contributed by atoms with Gasteiger partial charge in [0.25, 0.3) is 0 Å². The van der Waals surface area contributed by atoms with E-state index < -0.39 is 0 Å². The molecule has 0 spiro atoms. The Morgan fingerprint density at radius 3 is 3.00 bits per heavy atom. The Kier molecular flexibility index (Phi) is 5.56. The van der Waals surface area contributed by atoms with Gasteiger partial charge in [0, 0.05) is 5.75 Å². The van der Waals surface area contributed by atoms with Crippen molar-refractivity contribution >= 4 is 16.9 Å².